The van der Waals surface area contributed by atoms with Crippen LogP contribution in [-0.4, -0.2) is 50.4 Å². The van der Waals surface area contributed by atoms with Gasteiger partial charge in [-0.1, -0.05) is 46.9 Å². The summed E-state index contributed by atoms with van der Waals surface area (Å²) < 4.78 is 33.9. The lowest BCUT2D eigenvalue weighted by atomic mass is 10.1. The standard InChI is InChI=1S/C29H32Cl3N3O5S/c1-19(28(37)33-29(2,3)4)34(17-20-9-10-22(31)16-26(20)32)27(36)18-35(23-8-6-7-21(30)15-23)41(38,39)25-13-11-24(40-5)12-14-25/h6-16,19H,17-18H2,1-5H3,(H,33,37)/t19-/m0/s1. The molecule has 0 aliphatic heterocycles. The number of sulfonamides is 1. The van der Waals surface area contributed by atoms with Crippen molar-refractivity contribution in [3.8, 4) is 5.75 Å². The van der Waals surface area contributed by atoms with Crippen LogP contribution in [0.4, 0.5) is 5.69 Å². The Morgan fingerprint density at radius 2 is 1.59 bits per heavy atom. The smallest absolute Gasteiger partial charge is 0.264 e. The number of hydrogen-bond acceptors (Lipinski definition) is 5. The zero-order chi connectivity index (χ0) is 30.5. The molecule has 8 nitrogen and oxygen atoms in total. The molecule has 0 bridgehead atoms. The number of halogens is 3. The fourth-order valence-electron chi connectivity index (χ4n) is 3.93. The van der Waals surface area contributed by atoms with E-state index in [1.807, 2.05) is 20.8 Å². The molecular formula is C29H32Cl3N3O5S. The first kappa shape index (κ1) is 32.5. The highest BCUT2D eigenvalue weighted by Crippen LogP contribution is 2.29. The molecule has 0 fully saturated rings. The van der Waals surface area contributed by atoms with Gasteiger partial charge >= 0.3 is 0 Å². The van der Waals surface area contributed by atoms with Gasteiger partial charge in [0.25, 0.3) is 10.0 Å². The van der Waals surface area contributed by atoms with E-state index in [4.69, 9.17) is 39.5 Å². The molecule has 0 saturated heterocycles. The van der Waals surface area contributed by atoms with Crippen LogP contribution in [0.5, 0.6) is 5.75 Å². The number of rotatable bonds is 10. The molecule has 3 aromatic carbocycles. The molecule has 0 radical (unpaired) electrons. The largest absolute Gasteiger partial charge is 0.497 e. The number of amides is 2. The predicted octanol–water partition coefficient (Wildman–Crippen LogP) is 6.18. The zero-order valence-corrected chi connectivity index (χ0v) is 26.4. The average molecular weight is 641 g/mol. The normalized spacial score (nSPS) is 12.4. The highest BCUT2D eigenvalue weighted by Gasteiger charge is 2.33. The SMILES string of the molecule is COc1ccc(S(=O)(=O)N(CC(=O)N(Cc2ccc(Cl)cc2Cl)[C@@H](C)C(=O)NC(C)(C)C)c2cccc(Cl)c2)cc1. The van der Waals surface area contributed by atoms with Crippen molar-refractivity contribution in [2.45, 2.75) is 50.7 Å². The number of ether oxygens (including phenoxy) is 1. The summed E-state index contributed by atoms with van der Waals surface area (Å²) >= 11 is 18.7. The average Bonchev–Trinajstić information content (AvgIpc) is 2.89. The quantitative estimate of drug-likeness (QED) is 0.286. The van der Waals surface area contributed by atoms with Crippen LogP contribution >= 0.6 is 34.8 Å². The van der Waals surface area contributed by atoms with Gasteiger partial charge < -0.3 is 15.0 Å². The molecule has 0 heterocycles. The van der Waals surface area contributed by atoms with E-state index in [0.29, 0.717) is 21.4 Å². The van der Waals surface area contributed by atoms with Crippen molar-refractivity contribution in [1.82, 2.24) is 10.2 Å². The minimum atomic E-state index is -4.26. The van der Waals surface area contributed by atoms with Crippen LogP contribution in [0.3, 0.4) is 0 Å². The van der Waals surface area contributed by atoms with E-state index in [0.717, 1.165) is 4.31 Å². The number of benzene rings is 3. The van der Waals surface area contributed by atoms with E-state index in [2.05, 4.69) is 5.32 Å². The lowest BCUT2D eigenvalue weighted by Crippen LogP contribution is -2.54. The maximum Gasteiger partial charge on any atom is 0.264 e. The van der Waals surface area contributed by atoms with Gasteiger partial charge in [0.2, 0.25) is 11.8 Å². The van der Waals surface area contributed by atoms with Gasteiger partial charge in [-0.3, -0.25) is 13.9 Å². The Hall–Kier alpha value is -2.98. The summed E-state index contributed by atoms with van der Waals surface area (Å²) in [7, 11) is -2.79. The molecule has 3 rings (SSSR count). The second-order valence-corrected chi connectivity index (χ2v) is 13.5. The number of anilines is 1. The van der Waals surface area contributed by atoms with Crippen molar-refractivity contribution >= 4 is 62.3 Å². The molecule has 3 aromatic rings. The molecule has 12 heteroatoms. The minimum Gasteiger partial charge on any atom is -0.497 e. The van der Waals surface area contributed by atoms with Crippen LogP contribution < -0.4 is 14.4 Å². The fourth-order valence-corrected chi connectivity index (χ4v) is 5.98. The Morgan fingerprint density at radius 3 is 2.15 bits per heavy atom. The Morgan fingerprint density at radius 1 is 0.951 bits per heavy atom. The summed E-state index contributed by atoms with van der Waals surface area (Å²) in [6.07, 6.45) is 0. The van der Waals surface area contributed by atoms with Gasteiger partial charge in [-0.2, -0.15) is 0 Å². The number of methoxy groups -OCH3 is 1. The first-order valence-electron chi connectivity index (χ1n) is 12.6. The molecule has 1 N–H and O–H groups in total. The molecule has 220 valence electrons. The van der Waals surface area contributed by atoms with Crippen LogP contribution in [0, 0.1) is 0 Å². The van der Waals surface area contributed by atoms with Gasteiger partial charge in [0.1, 0.15) is 18.3 Å². The van der Waals surface area contributed by atoms with Crippen molar-refractivity contribution in [2.24, 2.45) is 0 Å². The number of carbonyl (C=O) groups excluding carboxylic acids is 2. The summed E-state index contributed by atoms with van der Waals surface area (Å²) in [5.74, 6) is -0.577. The molecule has 0 saturated carbocycles. The van der Waals surface area contributed by atoms with Gasteiger partial charge in [-0.15, -0.1) is 0 Å². The highest BCUT2D eigenvalue weighted by atomic mass is 35.5. The molecular weight excluding hydrogens is 609 g/mol. The number of nitrogens with one attached hydrogen (secondary N) is 1. The van der Waals surface area contributed by atoms with Crippen LogP contribution in [0.15, 0.2) is 71.6 Å². The minimum absolute atomic E-state index is 0.0584. The Bertz CT molecular complexity index is 1510. The van der Waals surface area contributed by atoms with Gasteiger partial charge in [0.15, 0.2) is 0 Å². The molecule has 0 spiro atoms. The summed E-state index contributed by atoms with van der Waals surface area (Å²) in [6, 6.07) is 15.8. The summed E-state index contributed by atoms with van der Waals surface area (Å²) in [6.45, 7) is 6.35. The molecule has 0 aliphatic rings. The Balaban J connectivity index is 2.06. The van der Waals surface area contributed by atoms with Crippen LogP contribution in [0.1, 0.15) is 33.3 Å². The number of nitrogens with zero attached hydrogens (tertiary/aromatic N) is 2. The molecule has 2 amide bonds. The summed E-state index contributed by atoms with van der Waals surface area (Å²) in [4.78, 5) is 28.4. The van der Waals surface area contributed by atoms with E-state index in [1.54, 1.807) is 31.2 Å². The van der Waals surface area contributed by atoms with Gasteiger partial charge in [-0.05, 0) is 87.9 Å². The van der Waals surface area contributed by atoms with Crippen LogP contribution in [-0.2, 0) is 26.2 Å². The lowest BCUT2D eigenvalue weighted by Gasteiger charge is -2.33. The lowest BCUT2D eigenvalue weighted by molar-refractivity contribution is -0.140. The van der Waals surface area contributed by atoms with Gasteiger partial charge in [0, 0.05) is 27.2 Å². The highest BCUT2D eigenvalue weighted by molar-refractivity contribution is 7.92. The number of carbonyl (C=O) groups is 2. The van der Waals surface area contributed by atoms with Gasteiger partial charge in [-0.25, -0.2) is 8.42 Å². The van der Waals surface area contributed by atoms with Crippen molar-refractivity contribution in [2.75, 3.05) is 18.0 Å². The van der Waals surface area contributed by atoms with E-state index >= 15 is 0 Å². The number of hydrogen-bond donors (Lipinski definition) is 1. The molecule has 0 aromatic heterocycles. The third kappa shape index (κ3) is 8.52. The van der Waals surface area contributed by atoms with E-state index in [9.17, 15) is 18.0 Å². The maximum atomic E-state index is 14.0. The zero-order valence-electron chi connectivity index (χ0n) is 23.3. The van der Waals surface area contributed by atoms with Crippen LogP contribution in [0.2, 0.25) is 15.1 Å². The third-order valence-electron chi connectivity index (χ3n) is 6.04. The van der Waals surface area contributed by atoms with Crippen LogP contribution in [0.25, 0.3) is 0 Å². The first-order valence-corrected chi connectivity index (χ1v) is 15.2. The molecule has 0 aliphatic carbocycles. The molecule has 0 unspecified atom stereocenters. The fraction of sp³-hybridized carbons (Fsp3) is 0.310. The Kier molecular flexibility index (Phi) is 10.6. The Labute approximate surface area is 256 Å². The second kappa shape index (κ2) is 13.3. The predicted molar refractivity (Wildman–Crippen MR) is 163 cm³/mol. The molecule has 41 heavy (non-hydrogen) atoms. The molecule has 1 atom stereocenters. The third-order valence-corrected chi connectivity index (χ3v) is 8.65. The van der Waals surface area contributed by atoms with Crippen molar-refractivity contribution in [3.05, 3.63) is 87.4 Å². The van der Waals surface area contributed by atoms with Crippen molar-refractivity contribution in [1.29, 1.82) is 0 Å². The van der Waals surface area contributed by atoms with E-state index in [1.165, 1.54) is 54.5 Å². The summed E-state index contributed by atoms with van der Waals surface area (Å²) in [5, 5.41) is 3.87. The second-order valence-electron chi connectivity index (χ2n) is 10.3. The van der Waals surface area contributed by atoms with E-state index < -0.39 is 40.0 Å². The monoisotopic (exact) mass is 639 g/mol. The topological polar surface area (TPSA) is 96.0 Å². The maximum absolute atomic E-state index is 14.0. The van der Waals surface area contributed by atoms with E-state index in [-0.39, 0.29) is 22.2 Å². The summed E-state index contributed by atoms with van der Waals surface area (Å²) in [5.41, 5.74) is 0.146. The first-order chi connectivity index (χ1) is 19.1. The van der Waals surface area contributed by atoms with Gasteiger partial charge in [0.05, 0.1) is 17.7 Å². The van der Waals surface area contributed by atoms with Crippen molar-refractivity contribution in [3.63, 3.8) is 0 Å². The van der Waals surface area contributed by atoms with Crippen molar-refractivity contribution < 1.29 is 22.7 Å².